The first-order valence-corrected chi connectivity index (χ1v) is 7.74. The summed E-state index contributed by atoms with van der Waals surface area (Å²) in [5, 5.41) is 17.7. The molecule has 110 valence electrons. The van der Waals surface area contributed by atoms with Gasteiger partial charge in [0, 0.05) is 30.5 Å². The quantitative estimate of drug-likeness (QED) is 0.689. The van der Waals surface area contributed by atoms with Crippen LogP contribution in [-0.2, 0) is 0 Å². The minimum Gasteiger partial charge on any atom is -0.330 e. The molecule has 0 spiro atoms. The highest BCUT2D eigenvalue weighted by Gasteiger charge is 2.27. The number of nitriles is 2. The molecular weight excluding hydrogens is 248 g/mol. The van der Waals surface area contributed by atoms with E-state index in [1.165, 1.54) is 32.1 Å². The van der Waals surface area contributed by atoms with Gasteiger partial charge in [0.15, 0.2) is 0 Å². The standard InChI is InChI=1S/C16H26N4/c17-11-4-8-16(10-13-19,9-5-12-18)14-20-15-6-2-1-3-7-15/h14-15H,1-10,13,19H2. The van der Waals surface area contributed by atoms with Crippen LogP contribution in [0.4, 0.5) is 0 Å². The van der Waals surface area contributed by atoms with Gasteiger partial charge in [0.25, 0.3) is 0 Å². The Morgan fingerprint density at radius 1 is 1.05 bits per heavy atom. The van der Waals surface area contributed by atoms with Gasteiger partial charge in [0.2, 0.25) is 0 Å². The van der Waals surface area contributed by atoms with Crippen LogP contribution >= 0.6 is 0 Å². The Balaban J connectivity index is 2.73. The number of hydrogen-bond donors (Lipinski definition) is 1. The van der Waals surface area contributed by atoms with Gasteiger partial charge in [-0.25, -0.2) is 0 Å². The van der Waals surface area contributed by atoms with Crippen LogP contribution in [0.3, 0.4) is 0 Å². The van der Waals surface area contributed by atoms with Gasteiger partial charge < -0.3 is 5.73 Å². The first kappa shape index (κ1) is 16.7. The zero-order valence-corrected chi connectivity index (χ0v) is 12.4. The highest BCUT2D eigenvalue weighted by Crippen LogP contribution is 2.32. The van der Waals surface area contributed by atoms with Gasteiger partial charge in [-0.3, -0.25) is 4.99 Å². The van der Waals surface area contributed by atoms with Crippen LogP contribution in [0.2, 0.25) is 0 Å². The van der Waals surface area contributed by atoms with Gasteiger partial charge in [-0.05, 0) is 38.6 Å². The van der Waals surface area contributed by atoms with E-state index < -0.39 is 0 Å². The third-order valence-corrected chi connectivity index (χ3v) is 4.25. The summed E-state index contributed by atoms with van der Waals surface area (Å²) in [6.45, 7) is 0.577. The van der Waals surface area contributed by atoms with Crippen LogP contribution in [0.5, 0.6) is 0 Å². The van der Waals surface area contributed by atoms with Gasteiger partial charge in [-0.2, -0.15) is 10.5 Å². The Morgan fingerprint density at radius 3 is 2.15 bits per heavy atom. The molecule has 0 aromatic carbocycles. The largest absolute Gasteiger partial charge is 0.330 e. The molecule has 1 aliphatic carbocycles. The number of nitrogens with two attached hydrogens (primary N) is 1. The monoisotopic (exact) mass is 274 g/mol. The van der Waals surface area contributed by atoms with Crippen molar-refractivity contribution in [3.05, 3.63) is 0 Å². The molecule has 1 aliphatic rings. The van der Waals surface area contributed by atoms with Crippen molar-refractivity contribution in [2.24, 2.45) is 16.1 Å². The molecule has 0 bridgehead atoms. The summed E-state index contributed by atoms with van der Waals surface area (Å²) in [4.78, 5) is 4.78. The van der Waals surface area contributed by atoms with Gasteiger partial charge >= 0.3 is 0 Å². The minimum absolute atomic E-state index is 0.155. The summed E-state index contributed by atoms with van der Waals surface area (Å²) in [6.07, 6.45) is 11.6. The molecule has 0 amide bonds. The summed E-state index contributed by atoms with van der Waals surface area (Å²) in [6, 6.07) is 4.86. The lowest BCUT2D eigenvalue weighted by Gasteiger charge is -2.29. The van der Waals surface area contributed by atoms with E-state index in [1.54, 1.807) is 0 Å². The summed E-state index contributed by atoms with van der Waals surface area (Å²) < 4.78 is 0. The molecule has 0 saturated heterocycles. The lowest BCUT2D eigenvalue weighted by atomic mass is 9.77. The Morgan fingerprint density at radius 2 is 1.65 bits per heavy atom. The van der Waals surface area contributed by atoms with Crippen molar-refractivity contribution in [2.75, 3.05) is 6.54 Å². The van der Waals surface area contributed by atoms with Crippen molar-refractivity contribution in [3.8, 4) is 12.1 Å². The number of nitrogens with zero attached hydrogens (tertiary/aromatic N) is 3. The summed E-state index contributed by atoms with van der Waals surface area (Å²) in [5.41, 5.74) is 5.58. The first-order valence-electron chi connectivity index (χ1n) is 7.74. The number of rotatable bonds is 8. The Labute approximate surface area is 122 Å². The maximum atomic E-state index is 8.85. The van der Waals surface area contributed by atoms with Crippen molar-refractivity contribution in [2.45, 2.75) is 70.3 Å². The van der Waals surface area contributed by atoms with Gasteiger partial charge in [0.05, 0.1) is 12.1 Å². The number of hydrogen-bond acceptors (Lipinski definition) is 4. The van der Waals surface area contributed by atoms with E-state index in [4.69, 9.17) is 21.2 Å². The van der Waals surface area contributed by atoms with E-state index in [0.29, 0.717) is 25.4 Å². The van der Waals surface area contributed by atoms with E-state index in [2.05, 4.69) is 12.1 Å². The van der Waals surface area contributed by atoms with Crippen LogP contribution in [0, 0.1) is 28.1 Å². The first-order chi connectivity index (χ1) is 9.76. The van der Waals surface area contributed by atoms with E-state index in [-0.39, 0.29) is 5.41 Å². The SMILES string of the molecule is N#CCCC(C=NC1CCCCC1)(CCN)CCC#N. The van der Waals surface area contributed by atoms with Crippen LogP contribution in [0.25, 0.3) is 0 Å². The third-order valence-electron chi connectivity index (χ3n) is 4.25. The lowest BCUT2D eigenvalue weighted by Crippen LogP contribution is -2.27. The highest BCUT2D eigenvalue weighted by molar-refractivity contribution is 5.66. The topological polar surface area (TPSA) is 86.0 Å². The Kier molecular flexibility index (Phi) is 7.92. The summed E-state index contributed by atoms with van der Waals surface area (Å²) in [5.74, 6) is 0. The molecule has 20 heavy (non-hydrogen) atoms. The fourth-order valence-electron chi connectivity index (χ4n) is 2.96. The smallest absolute Gasteiger partial charge is 0.0622 e. The second-order valence-corrected chi connectivity index (χ2v) is 5.79. The number of aliphatic imine (C=N–C) groups is 1. The van der Waals surface area contributed by atoms with E-state index in [1.807, 2.05) is 6.21 Å². The van der Waals surface area contributed by atoms with Crippen molar-refractivity contribution < 1.29 is 0 Å². The average Bonchev–Trinajstić information content (AvgIpc) is 2.50. The average molecular weight is 274 g/mol. The summed E-state index contributed by atoms with van der Waals surface area (Å²) >= 11 is 0. The zero-order chi connectivity index (χ0) is 14.7. The van der Waals surface area contributed by atoms with Crippen LogP contribution < -0.4 is 5.73 Å². The lowest BCUT2D eigenvalue weighted by molar-refractivity contribution is 0.345. The van der Waals surface area contributed by atoms with Gasteiger partial charge in [0.1, 0.15) is 0 Å². The maximum absolute atomic E-state index is 8.85. The fraction of sp³-hybridized carbons (Fsp3) is 0.812. The predicted octanol–water partition coefficient (Wildman–Crippen LogP) is 3.33. The Bertz CT molecular complexity index is 351. The Hall–Kier alpha value is -1.39. The molecule has 4 heteroatoms. The molecule has 1 saturated carbocycles. The van der Waals surface area contributed by atoms with Crippen LogP contribution in [0.1, 0.15) is 64.2 Å². The molecule has 1 fully saturated rings. The van der Waals surface area contributed by atoms with Crippen molar-refractivity contribution in [1.29, 1.82) is 10.5 Å². The van der Waals surface area contributed by atoms with Gasteiger partial charge in [-0.1, -0.05) is 19.3 Å². The molecular formula is C16H26N4. The summed E-state index contributed by atoms with van der Waals surface area (Å²) in [7, 11) is 0. The van der Waals surface area contributed by atoms with E-state index in [0.717, 1.165) is 19.3 Å². The van der Waals surface area contributed by atoms with E-state index in [9.17, 15) is 0 Å². The van der Waals surface area contributed by atoms with Crippen molar-refractivity contribution in [3.63, 3.8) is 0 Å². The van der Waals surface area contributed by atoms with Crippen LogP contribution in [0.15, 0.2) is 4.99 Å². The maximum Gasteiger partial charge on any atom is 0.0622 e. The van der Waals surface area contributed by atoms with Gasteiger partial charge in [-0.15, -0.1) is 0 Å². The molecule has 2 N–H and O–H groups in total. The normalized spacial score (nSPS) is 16.9. The molecule has 0 aromatic rings. The zero-order valence-electron chi connectivity index (χ0n) is 12.4. The molecule has 0 atom stereocenters. The highest BCUT2D eigenvalue weighted by atomic mass is 14.8. The molecule has 0 unspecified atom stereocenters. The second kappa shape index (κ2) is 9.50. The van der Waals surface area contributed by atoms with Crippen molar-refractivity contribution >= 4 is 6.21 Å². The molecule has 0 aliphatic heterocycles. The molecule has 0 radical (unpaired) electrons. The predicted molar refractivity (Wildman–Crippen MR) is 81.2 cm³/mol. The molecule has 1 rings (SSSR count). The minimum atomic E-state index is -0.155. The molecule has 4 nitrogen and oxygen atoms in total. The molecule has 0 heterocycles. The van der Waals surface area contributed by atoms with E-state index >= 15 is 0 Å². The van der Waals surface area contributed by atoms with Crippen molar-refractivity contribution in [1.82, 2.24) is 0 Å². The molecule has 0 aromatic heterocycles. The van der Waals surface area contributed by atoms with Crippen LogP contribution in [-0.4, -0.2) is 18.8 Å². The second-order valence-electron chi connectivity index (χ2n) is 5.79. The third kappa shape index (κ3) is 5.72. The fourth-order valence-corrected chi connectivity index (χ4v) is 2.96.